The molecular formula is C18H21N3O2. The molecule has 1 amide bonds. The average Bonchev–Trinajstić information content (AvgIpc) is 2.61. The molecular weight excluding hydrogens is 290 g/mol. The van der Waals surface area contributed by atoms with Crippen molar-refractivity contribution >= 4 is 5.91 Å². The standard InChI is InChI=1S/C18H21N3O2/c1-14-11-16(6-8-20-14)17-13-21(9-10-23-17)18(22)5-4-15-3-2-7-19-12-15/h2-3,6-8,11-12,17H,4-5,9-10,13H2,1H3. The molecule has 3 rings (SSSR count). The molecule has 1 fully saturated rings. The van der Waals surface area contributed by atoms with Crippen molar-refractivity contribution in [3.8, 4) is 0 Å². The number of carbonyl (C=O) groups is 1. The van der Waals surface area contributed by atoms with E-state index in [1.165, 1.54) is 0 Å². The minimum atomic E-state index is -0.0622. The van der Waals surface area contributed by atoms with Gasteiger partial charge >= 0.3 is 0 Å². The van der Waals surface area contributed by atoms with Gasteiger partial charge in [0.05, 0.1) is 13.2 Å². The highest BCUT2D eigenvalue weighted by molar-refractivity contribution is 5.76. The number of pyridine rings is 2. The van der Waals surface area contributed by atoms with Crippen LogP contribution in [0.4, 0.5) is 0 Å². The molecule has 0 N–H and O–H groups in total. The molecule has 5 heteroatoms. The molecule has 1 aliphatic heterocycles. The molecule has 120 valence electrons. The Labute approximate surface area is 136 Å². The first-order valence-electron chi connectivity index (χ1n) is 7.93. The normalized spacial score (nSPS) is 18.0. The van der Waals surface area contributed by atoms with Crippen LogP contribution in [0.3, 0.4) is 0 Å². The van der Waals surface area contributed by atoms with Gasteiger partial charge in [-0.15, -0.1) is 0 Å². The van der Waals surface area contributed by atoms with Crippen molar-refractivity contribution in [2.45, 2.75) is 25.9 Å². The molecule has 1 aliphatic rings. The smallest absolute Gasteiger partial charge is 0.223 e. The Morgan fingerprint density at radius 1 is 1.39 bits per heavy atom. The van der Waals surface area contributed by atoms with E-state index in [1.807, 2.05) is 42.3 Å². The molecule has 1 unspecified atom stereocenters. The summed E-state index contributed by atoms with van der Waals surface area (Å²) in [6.45, 7) is 3.80. The number of hydrogen-bond acceptors (Lipinski definition) is 4. The van der Waals surface area contributed by atoms with Gasteiger partial charge in [-0.2, -0.15) is 0 Å². The van der Waals surface area contributed by atoms with Crippen LogP contribution in [0.15, 0.2) is 42.9 Å². The number of ether oxygens (including phenoxy) is 1. The van der Waals surface area contributed by atoms with E-state index in [0.29, 0.717) is 26.1 Å². The maximum atomic E-state index is 12.5. The summed E-state index contributed by atoms with van der Waals surface area (Å²) in [6.07, 6.45) is 6.52. The van der Waals surface area contributed by atoms with Crippen LogP contribution in [0.1, 0.15) is 29.3 Å². The number of aryl methyl sites for hydroxylation is 2. The summed E-state index contributed by atoms with van der Waals surface area (Å²) in [7, 11) is 0. The van der Waals surface area contributed by atoms with Crippen LogP contribution in [0.5, 0.6) is 0 Å². The average molecular weight is 311 g/mol. The number of nitrogens with zero attached hydrogens (tertiary/aromatic N) is 3. The second-order valence-corrected chi connectivity index (χ2v) is 5.79. The van der Waals surface area contributed by atoms with Gasteiger partial charge in [0.15, 0.2) is 0 Å². The number of aromatic nitrogens is 2. The molecule has 2 aromatic heterocycles. The van der Waals surface area contributed by atoms with Crippen LogP contribution in [0.2, 0.25) is 0 Å². The zero-order chi connectivity index (χ0) is 16.1. The van der Waals surface area contributed by atoms with E-state index in [1.54, 1.807) is 12.4 Å². The summed E-state index contributed by atoms with van der Waals surface area (Å²) in [4.78, 5) is 22.6. The SMILES string of the molecule is Cc1cc(C2CN(C(=O)CCc3cccnc3)CCO2)ccn1. The van der Waals surface area contributed by atoms with Gasteiger partial charge in [0, 0.05) is 37.3 Å². The highest BCUT2D eigenvalue weighted by atomic mass is 16.5. The summed E-state index contributed by atoms with van der Waals surface area (Å²) in [5.74, 6) is 0.174. The third kappa shape index (κ3) is 4.13. The zero-order valence-corrected chi connectivity index (χ0v) is 13.3. The van der Waals surface area contributed by atoms with Crippen molar-refractivity contribution in [2.75, 3.05) is 19.7 Å². The largest absolute Gasteiger partial charge is 0.370 e. The number of morpholine rings is 1. The first-order valence-corrected chi connectivity index (χ1v) is 7.93. The van der Waals surface area contributed by atoms with Crippen LogP contribution < -0.4 is 0 Å². The molecule has 1 atom stereocenters. The van der Waals surface area contributed by atoms with Gasteiger partial charge in [-0.25, -0.2) is 0 Å². The van der Waals surface area contributed by atoms with E-state index < -0.39 is 0 Å². The molecule has 23 heavy (non-hydrogen) atoms. The lowest BCUT2D eigenvalue weighted by molar-refractivity contribution is -0.139. The zero-order valence-electron chi connectivity index (χ0n) is 13.3. The molecule has 0 spiro atoms. The molecule has 1 saturated heterocycles. The third-order valence-corrected chi connectivity index (χ3v) is 4.06. The Bertz CT molecular complexity index is 660. The molecule has 0 aliphatic carbocycles. The topological polar surface area (TPSA) is 55.3 Å². The Morgan fingerprint density at radius 2 is 2.30 bits per heavy atom. The monoisotopic (exact) mass is 311 g/mol. The van der Waals surface area contributed by atoms with E-state index in [0.717, 1.165) is 23.2 Å². The number of carbonyl (C=O) groups excluding carboxylic acids is 1. The lowest BCUT2D eigenvalue weighted by Gasteiger charge is -2.33. The fourth-order valence-electron chi connectivity index (χ4n) is 2.80. The van der Waals surface area contributed by atoms with Crippen molar-refractivity contribution in [1.82, 2.24) is 14.9 Å². The van der Waals surface area contributed by atoms with Crippen molar-refractivity contribution in [1.29, 1.82) is 0 Å². The second-order valence-electron chi connectivity index (χ2n) is 5.79. The van der Waals surface area contributed by atoms with Crippen molar-refractivity contribution in [2.24, 2.45) is 0 Å². The van der Waals surface area contributed by atoms with Crippen LogP contribution in [-0.4, -0.2) is 40.5 Å². The van der Waals surface area contributed by atoms with Crippen molar-refractivity contribution in [3.05, 3.63) is 59.7 Å². The Kier molecular flexibility index (Phi) is 4.98. The molecule has 0 saturated carbocycles. The Hall–Kier alpha value is -2.27. The fraction of sp³-hybridized carbons (Fsp3) is 0.389. The minimum Gasteiger partial charge on any atom is -0.370 e. The summed E-state index contributed by atoms with van der Waals surface area (Å²) >= 11 is 0. The predicted octanol–water partition coefficient (Wildman–Crippen LogP) is 2.32. The maximum Gasteiger partial charge on any atom is 0.223 e. The van der Waals surface area contributed by atoms with Crippen LogP contribution in [0.25, 0.3) is 0 Å². The summed E-state index contributed by atoms with van der Waals surface area (Å²) in [6, 6.07) is 7.88. The number of rotatable bonds is 4. The predicted molar refractivity (Wildman–Crippen MR) is 86.8 cm³/mol. The Balaban J connectivity index is 1.58. The van der Waals surface area contributed by atoms with Crippen LogP contribution in [-0.2, 0) is 16.0 Å². The first-order chi connectivity index (χ1) is 11.2. The van der Waals surface area contributed by atoms with E-state index in [9.17, 15) is 4.79 Å². The number of hydrogen-bond donors (Lipinski definition) is 0. The van der Waals surface area contributed by atoms with E-state index >= 15 is 0 Å². The van der Waals surface area contributed by atoms with Crippen LogP contribution >= 0.6 is 0 Å². The lowest BCUT2D eigenvalue weighted by Crippen LogP contribution is -2.42. The van der Waals surface area contributed by atoms with E-state index in [4.69, 9.17) is 4.74 Å². The van der Waals surface area contributed by atoms with Gasteiger partial charge < -0.3 is 9.64 Å². The van der Waals surface area contributed by atoms with E-state index in [-0.39, 0.29) is 12.0 Å². The number of amides is 1. The minimum absolute atomic E-state index is 0.0622. The van der Waals surface area contributed by atoms with Crippen LogP contribution in [0, 0.1) is 6.92 Å². The summed E-state index contributed by atoms with van der Waals surface area (Å²) < 4.78 is 5.83. The molecule has 0 bridgehead atoms. The van der Waals surface area contributed by atoms with Gasteiger partial charge in [-0.05, 0) is 42.7 Å². The second kappa shape index (κ2) is 7.33. The molecule has 0 aromatic carbocycles. The highest BCUT2D eigenvalue weighted by Gasteiger charge is 2.25. The third-order valence-electron chi connectivity index (χ3n) is 4.06. The van der Waals surface area contributed by atoms with Gasteiger partial charge in [0.1, 0.15) is 6.10 Å². The fourth-order valence-corrected chi connectivity index (χ4v) is 2.80. The molecule has 5 nitrogen and oxygen atoms in total. The summed E-state index contributed by atoms with van der Waals surface area (Å²) in [5, 5.41) is 0. The molecule has 3 heterocycles. The Morgan fingerprint density at radius 3 is 3.09 bits per heavy atom. The van der Waals surface area contributed by atoms with Gasteiger partial charge in [-0.1, -0.05) is 6.07 Å². The molecule has 0 radical (unpaired) electrons. The molecule has 2 aromatic rings. The quantitative estimate of drug-likeness (QED) is 0.869. The maximum absolute atomic E-state index is 12.5. The van der Waals surface area contributed by atoms with Crippen molar-refractivity contribution in [3.63, 3.8) is 0 Å². The highest BCUT2D eigenvalue weighted by Crippen LogP contribution is 2.23. The lowest BCUT2D eigenvalue weighted by atomic mass is 10.1. The van der Waals surface area contributed by atoms with Gasteiger partial charge in [-0.3, -0.25) is 14.8 Å². The van der Waals surface area contributed by atoms with Crippen molar-refractivity contribution < 1.29 is 9.53 Å². The summed E-state index contributed by atoms with van der Waals surface area (Å²) in [5.41, 5.74) is 3.14. The first kappa shape index (κ1) is 15.6. The van der Waals surface area contributed by atoms with E-state index in [2.05, 4.69) is 9.97 Å². The van der Waals surface area contributed by atoms with Gasteiger partial charge in [0.2, 0.25) is 5.91 Å². The van der Waals surface area contributed by atoms with Gasteiger partial charge in [0.25, 0.3) is 0 Å².